The number of benzene rings is 2. The van der Waals surface area contributed by atoms with Crippen molar-refractivity contribution >= 4 is 22.4 Å². The molecule has 3 heterocycles. The van der Waals surface area contributed by atoms with E-state index in [0.29, 0.717) is 40.9 Å². The molecule has 0 aliphatic heterocycles. The molecule has 9 nitrogen and oxygen atoms in total. The first kappa shape index (κ1) is 26.9. The molecule has 0 unspecified atom stereocenters. The standard InChI is InChI=1S/C29H28F2N6O3/c1-17-18(2)33-29(35-28(17)34-24-9-10-32-15-26(24)39-4)27-20-7-5-6-8-25(20)37(36-27)16-21-22(30)13-19(14-23(21)31)40-12-11-38-3/h5-10,13-15H,11-12,16H2,1-4H3,(H,32,33,34,35). The van der Waals surface area contributed by atoms with Crippen molar-refractivity contribution in [3.05, 3.63) is 83.3 Å². The summed E-state index contributed by atoms with van der Waals surface area (Å²) in [5, 5.41) is 8.78. The average Bonchev–Trinajstić information content (AvgIpc) is 3.32. The average molecular weight is 547 g/mol. The number of nitrogens with one attached hydrogen (secondary N) is 1. The van der Waals surface area contributed by atoms with Gasteiger partial charge >= 0.3 is 0 Å². The van der Waals surface area contributed by atoms with Gasteiger partial charge in [-0.1, -0.05) is 18.2 Å². The maximum absolute atomic E-state index is 15.0. The number of para-hydroxylation sites is 1. The predicted octanol–water partition coefficient (Wildman–Crippen LogP) is 5.61. The van der Waals surface area contributed by atoms with E-state index in [9.17, 15) is 0 Å². The van der Waals surface area contributed by atoms with Crippen LogP contribution in [-0.2, 0) is 11.3 Å². The lowest BCUT2D eigenvalue weighted by Gasteiger charge is -2.14. The second-order valence-corrected chi connectivity index (χ2v) is 9.04. The molecule has 40 heavy (non-hydrogen) atoms. The smallest absolute Gasteiger partial charge is 0.182 e. The lowest BCUT2D eigenvalue weighted by atomic mass is 10.1. The Labute approximate surface area is 229 Å². The minimum atomic E-state index is -0.728. The summed E-state index contributed by atoms with van der Waals surface area (Å²) in [6.45, 7) is 4.15. The maximum Gasteiger partial charge on any atom is 0.182 e. The van der Waals surface area contributed by atoms with E-state index in [1.807, 2.05) is 38.1 Å². The van der Waals surface area contributed by atoms with Gasteiger partial charge in [0.05, 0.1) is 37.7 Å². The molecular weight excluding hydrogens is 518 g/mol. The molecule has 5 aromatic rings. The van der Waals surface area contributed by atoms with Gasteiger partial charge in [-0.25, -0.2) is 18.7 Å². The zero-order valence-electron chi connectivity index (χ0n) is 22.5. The number of anilines is 2. The maximum atomic E-state index is 15.0. The van der Waals surface area contributed by atoms with E-state index in [2.05, 4.69) is 10.3 Å². The molecule has 0 fully saturated rings. The minimum Gasteiger partial charge on any atom is -0.493 e. The predicted molar refractivity (Wildman–Crippen MR) is 147 cm³/mol. The summed E-state index contributed by atoms with van der Waals surface area (Å²) in [6.07, 6.45) is 3.26. The van der Waals surface area contributed by atoms with Gasteiger partial charge in [0.15, 0.2) is 11.6 Å². The highest BCUT2D eigenvalue weighted by Gasteiger charge is 2.20. The Balaban J connectivity index is 1.53. The molecule has 0 bridgehead atoms. The molecule has 0 spiro atoms. The lowest BCUT2D eigenvalue weighted by molar-refractivity contribution is 0.146. The van der Waals surface area contributed by atoms with Crippen molar-refractivity contribution in [2.45, 2.75) is 20.4 Å². The van der Waals surface area contributed by atoms with Crippen LogP contribution in [0, 0.1) is 25.5 Å². The molecule has 0 aliphatic rings. The summed E-state index contributed by atoms with van der Waals surface area (Å²) in [6, 6.07) is 11.5. The first-order valence-corrected chi connectivity index (χ1v) is 12.6. The molecular formula is C29H28F2N6O3. The second kappa shape index (κ2) is 11.6. The van der Waals surface area contributed by atoms with Gasteiger partial charge in [0.2, 0.25) is 0 Å². The first-order valence-electron chi connectivity index (χ1n) is 12.6. The van der Waals surface area contributed by atoms with Crippen LogP contribution in [0.15, 0.2) is 54.9 Å². The van der Waals surface area contributed by atoms with Gasteiger partial charge in [0.1, 0.15) is 35.5 Å². The molecule has 3 aromatic heterocycles. The third-order valence-corrected chi connectivity index (χ3v) is 6.50. The molecule has 0 radical (unpaired) electrons. The molecule has 1 N–H and O–H groups in total. The van der Waals surface area contributed by atoms with Crippen LogP contribution in [0.25, 0.3) is 22.4 Å². The lowest BCUT2D eigenvalue weighted by Crippen LogP contribution is -2.09. The summed E-state index contributed by atoms with van der Waals surface area (Å²) >= 11 is 0. The Morgan fingerprint density at radius 2 is 1.75 bits per heavy atom. The van der Waals surface area contributed by atoms with Crippen LogP contribution >= 0.6 is 0 Å². The number of halogens is 2. The largest absolute Gasteiger partial charge is 0.493 e. The Kier molecular flexibility index (Phi) is 7.83. The second-order valence-electron chi connectivity index (χ2n) is 9.04. The number of hydrogen-bond acceptors (Lipinski definition) is 8. The Hall–Kier alpha value is -4.64. The summed E-state index contributed by atoms with van der Waals surface area (Å²) in [5.41, 5.74) is 3.34. The number of nitrogens with zero attached hydrogens (tertiary/aromatic N) is 5. The van der Waals surface area contributed by atoms with Crippen LogP contribution in [0.1, 0.15) is 16.8 Å². The highest BCUT2D eigenvalue weighted by Crippen LogP contribution is 2.32. The van der Waals surface area contributed by atoms with Gasteiger partial charge in [-0.2, -0.15) is 5.10 Å². The van der Waals surface area contributed by atoms with Crippen molar-refractivity contribution in [1.29, 1.82) is 0 Å². The molecule has 2 aromatic carbocycles. The zero-order valence-corrected chi connectivity index (χ0v) is 22.5. The van der Waals surface area contributed by atoms with Gasteiger partial charge < -0.3 is 19.5 Å². The van der Waals surface area contributed by atoms with Crippen molar-refractivity contribution in [3.63, 3.8) is 0 Å². The van der Waals surface area contributed by atoms with E-state index in [1.165, 1.54) is 19.2 Å². The van der Waals surface area contributed by atoms with Gasteiger partial charge in [-0.15, -0.1) is 0 Å². The van der Waals surface area contributed by atoms with E-state index in [-0.39, 0.29) is 24.5 Å². The normalized spacial score (nSPS) is 11.2. The van der Waals surface area contributed by atoms with Crippen molar-refractivity contribution in [3.8, 4) is 23.0 Å². The van der Waals surface area contributed by atoms with Crippen LogP contribution < -0.4 is 14.8 Å². The van der Waals surface area contributed by atoms with E-state index in [4.69, 9.17) is 29.3 Å². The fraction of sp³-hybridized carbons (Fsp3) is 0.241. The topological polar surface area (TPSA) is 96.2 Å². The molecule has 11 heteroatoms. The third-order valence-electron chi connectivity index (χ3n) is 6.50. The highest BCUT2D eigenvalue weighted by atomic mass is 19.1. The van der Waals surface area contributed by atoms with Crippen molar-refractivity contribution in [2.75, 3.05) is 32.8 Å². The van der Waals surface area contributed by atoms with Gasteiger partial charge in [-0.05, 0) is 26.0 Å². The Morgan fingerprint density at radius 3 is 2.50 bits per heavy atom. The van der Waals surface area contributed by atoms with Crippen molar-refractivity contribution in [2.24, 2.45) is 0 Å². The van der Waals surface area contributed by atoms with E-state index < -0.39 is 11.6 Å². The van der Waals surface area contributed by atoms with Crippen molar-refractivity contribution in [1.82, 2.24) is 24.7 Å². The van der Waals surface area contributed by atoms with Crippen molar-refractivity contribution < 1.29 is 23.0 Å². The summed E-state index contributed by atoms with van der Waals surface area (Å²) < 4.78 is 47.3. The number of ether oxygens (including phenoxy) is 3. The minimum absolute atomic E-state index is 0.0937. The number of methoxy groups -OCH3 is 2. The Morgan fingerprint density at radius 1 is 0.975 bits per heavy atom. The number of fused-ring (bicyclic) bond motifs is 1. The fourth-order valence-corrected chi connectivity index (χ4v) is 4.25. The summed E-state index contributed by atoms with van der Waals surface area (Å²) in [7, 11) is 3.09. The Bertz CT molecular complexity index is 1650. The number of aromatic nitrogens is 5. The number of rotatable bonds is 10. The molecule has 0 saturated carbocycles. The fourth-order valence-electron chi connectivity index (χ4n) is 4.25. The molecule has 0 atom stereocenters. The molecule has 0 saturated heterocycles. The van der Waals surface area contributed by atoms with E-state index in [0.717, 1.165) is 16.6 Å². The highest BCUT2D eigenvalue weighted by molar-refractivity contribution is 5.92. The van der Waals surface area contributed by atoms with E-state index in [1.54, 1.807) is 30.3 Å². The van der Waals surface area contributed by atoms with E-state index >= 15 is 8.78 Å². The van der Waals surface area contributed by atoms with Crippen LogP contribution in [-0.4, -0.2) is 52.2 Å². The van der Waals surface area contributed by atoms with Crippen LogP contribution in [0.4, 0.5) is 20.3 Å². The molecule has 5 rings (SSSR count). The van der Waals surface area contributed by atoms with Gasteiger partial charge in [0, 0.05) is 47.6 Å². The third kappa shape index (κ3) is 5.41. The first-order chi connectivity index (χ1) is 19.4. The number of aryl methyl sites for hydroxylation is 1. The van der Waals surface area contributed by atoms with Gasteiger partial charge in [-0.3, -0.25) is 9.67 Å². The molecule has 0 aliphatic carbocycles. The van der Waals surface area contributed by atoms with Crippen LogP contribution in [0.5, 0.6) is 11.5 Å². The molecule has 206 valence electrons. The van der Waals surface area contributed by atoms with Gasteiger partial charge in [0.25, 0.3) is 0 Å². The zero-order chi connectivity index (χ0) is 28.2. The summed E-state index contributed by atoms with van der Waals surface area (Å²) in [5.74, 6) is 0.149. The number of pyridine rings is 1. The monoisotopic (exact) mass is 546 g/mol. The summed E-state index contributed by atoms with van der Waals surface area (Å²) in [4.78, 5) is 13.6. The van der Waals surface area contributed by atoms with Crippen LogP contribution in [0.2, 0.25) is 0 Å². The SMILES string of the molecule is COCCOc1cc(F)c(Cn2nc(-c3nc(C)c(C)c(Nc4ccncc4OC)n3)c3ccccc32)c(F)c1. The van der Waals surface area contributed by atoms with Crippen LogP contribution in [0.3, 0.4) is 0 Å². The number of hydrogen-bond donors (Lipinski definition) is 1. The quantitative estimate of drug-likeness (QED) is 0.226. The molecule has 0 amide bonds.